The van der Waals surface area contributed by atoms with Gasteiger partial charge in [-0.25, -0.2) is 0 Å². The molecule has 0 saturated carbocycles. The molecule has 1 fully saturated rings. The molecular formula is C17H25N3O5. The van der Waals surface area contributed by atoms with Crippen LogP contribution >= 0.6 is 0 Å². The molecule has 1 heterocycles. The molecule has 0 bridgehead atoms. The van der Waals surface area contributed by atoms with Crippen molar-refractivity contribution >= 4 is 11.8 Å². The highest BCUT2D eigenvalue weighted by atomic mass is 16.5. The van der Waals surface area contributed by atoms with Crippen molar-refractivity contribution in [3.63, 3.8) is 0 Å². The lowest BCUT2D eigenvalue weighted by molar-refractivity contribution is -0.137. The van der Waals surface area contributed by atoms with Crippen LogP contribution in [-0.4, -0.2) is 57.3 Å². The van der Waals surface area contributed by atoms with Crippen molar-refractivity contribution in [2.45, 2.75) is 32.1 Å². The fourth-order valence-corrected chi connectivity index (χ4v) is 2.89. The third-order valence-electron chi connectivity index (χ3n) is 4.04. The fraction of sp³-hybridized carbons (Fsp3) is 0.529. The van der Waals surface area contributed by atoms with E-state index in [1.54, 1.807) is 45.2 Å². The zero-order valence-electron chi connectivity index (χ0n) is 15.2. The van der Waals surface area contributed by atoms with Gasteiger partial charge in [-0.3, -0.25) is 14.9 Å². The van der Waals surface area contributed by atoms with Crippen molar-refractivity contribution < 1.29 is 23.8 Å². The first kappa shape index (κ1) is 18.9. The Morgan fingerprint density at radius 2 is 1.80 bits per heavy atom. The molecule has 2 rings (SSSR count). The number of hydrogen-bond donors (Lipinski definition) is 2. The SMILES string of the molecule is COc1cc(CN(C)C(=O)C2CC(=O)NC(C)N2)cc(OC)c1OC. The lowest BCUT2D eigenvalue weighted by atomic mass is 10.1. The Balaban J connectivity index is 2.15. The largest absolute Gasteiger partial charge is 0.493 e. The number of ether oxygens (including phenoxy) is 3. The second-order valence-electron chi connectivity index (χ2n) is 5.94. The summed E-state index contributed by atoms with van der Waals surface area (Å²) in [6.07, 6.45) is -0.104. The summed E-state index contributed by atoms with van der Waals surface area (Å²) in [5, 5.41) is 5.81. The van der Waals surface area contributed by atoms with Gasteiger partial charge in [0.15, 0.2) is 11.5 Å². The van der Waals surface area contributed by atoms with E-state index in [1.165, 1.54) is 7.11 Å². The Hall–Kier alpha value is -2.48. The van der Waals surface area contributed by atoms with Crippen LogP contribution in [0.15, 0.2) is 12.1 Å². The normalized spacial score (nSPS) is 19.8. The summed E-state index contributed by atoms with van der Waals surface area (Å²) in [6, 6.07) is 3.07. The molecule has 1 aliphatic rings. The standard InChI is InChI=1S/C17H25N3O5/c1-10-18-12(8-15(21)19-10)17(22)20(2)9-11-6-13(23-3)16(25-5)14(7-11)24-4/h6-7,10,12,18H,8-9H2,1-5H3,(H,19,21). The van der Waals surface area contributed by atoms with E-state index in [0.717, 1.165) is 5.56 Å². The summed E-state index contributed by atoms with van der Waals surface area (Å²) in [4.78, 5) is 25.8. The monoisotopic (exact) mass is 351 g/mol. The van der Waals surface area contributed by atoms with E-state index in [0.29, 0.717) is 23.8 Å². The van der Waals surface area contributed by atoms with Crippen LogP contribution in [0.1, 0.15) is 18.9 Å². The first-order valence-corrected chi connectivity index (χ1v) is 7.98. The van der Waals surface area contributed by atoms with Crippen molar-refractivity contribution in [1.29, 1.82) is 0 Å². The average Bonchev–Trinajstić information content (AvgIpc) is 2.59. The maximum atomic E-state index is 12.6. The van der Waals surface area contributed by atoms with Crippen LogP contribution in [0.25, 0.3) is 0 Å². The predicted molar refractivity (Wildman–Crippen MR) is 91.7 cm³/mol. The maximum Gasteiger partial charge on any atom is 0.240 e. The molecule has 1 aromatic carbocycles. The molecule has 0 aliphatic carbocycles. The summed E-state index contributed by atoms with van der Waals surface area (Å²) in [6.45, 7) is 2.15. The molecular weight excluding hydrogens is 326 g/mol. The molecule has 8 nitrogen and oxygen atoms in total. The minimum Gasteiger partial charge on any atom is -0.493 e. The third-order valence-corrected chi connectivity index (χ3v) is 4.04. The number of nitrogens with zero attached hydrogens (tertiary/aromatic N) is 1. The van der Waals surface area contributed by atoms with Crippen molar-refractivity contribution in [2.75, 3.05) is 28.4 Å². The van der Waals surface area contributed by atoms with Gasteiger partial charge in [-0.1, -0.05) is 0 Å². The summed E-state index contributed by atoms with van der Waals surface area (Å²) >= 11 is 0. The van der Waals surface area contributed by atoms with E-state index in [2.05, 4.69) is 10.6 Å². The Morgan fingerprint density at radius 3 is 2.28 bits per heavy atom. The van der Waals surface area contributed by atoms with Crippen LogP contribution in [0.2, 0.25) is 0 Å². The van der Waals surface area contributed by atoms with Crippen LogP contribution in [0, 0.1) is 0 Å². The second-order valence-corrected chi connectivity index (χ2v) is 5.94. The van der Waals surface area contributed by atoms with Crippen LogP contribution in [0.3, 0.4) is 0 Å². The highest BCUT2D eigenvalue weighted by Crippen LogP contribution is 2.38. The minimum atomic E-state index is -0.532. The molecule has 1 aliphatic heterocycles. The van der Waals surface area contributed by atoms with Crippen LogP contribution < -0.4 is 24.8 Å². The minimum absolute atomic E-state index is 0.128. The number of amides is 2. The summed E-state index contributed by atoms with van der Waals surface area (Å²) in [7, 11) is 6.32. The van der Waals surface area contributed by atoms with Crippen molar-refractivity contribution in [1.82, 2.24) is 15.5 Å². The molecule has 1 aromatic rings. The summed E-state index contributed by atoms with van der Waals surface area (Å²) in [5.74, 6) is 1.28. The summed E-state index contributed by atoms with van der Waals surface area (Å²) < 4.78 is 16.0. The van der Waals surface area contributed by atoms with Gasteiger partial charge >= 0.3 is 0 Å². The van der Waals surface area contributed by atoms with Gasteiger partial charge in [0.25, 0.3) is 0 Å². The fourth-order valence-electron chi connectivity index (χ4n) is 2.89. The Bertz CT molecular complexity index is 624. The number of benzene rings is 1. The number of nitrogens with one attached hydrogen (secondary N) is 2. The van der Waals surface area contributed by atoms with Crippen LogP contribution in [0.5, 0.6) is 17.2 Å². The number of rotatable bonds is 6. The predicted octanol–water partition coefficient (Wildman–Crippen LogP) is 0.495. The average molecular weight is 351 g/mol. The van der Waals surface area contributed by atoms with Crippen LogP contribution in [0.4, 0.5) is 0 Å². The highest BCUT2D eigenvalue weighted by molar-refractivity contribution is 5.89. The highest BCUT2D eigenvalue weighted by Gasteiger charge is 2.30. The van der Waals surface area contributed by atoms with Crippen molar-refractivity contribution in [3.05, 3.63) is 17.7 Å². The molecule has 2 atom stereocenters. The Kier molecular flexibility index (Phi) is 6.08. The van der Waals surface area contributed by atoms with Gasteiger partial charge in [-0.2, -0.15) is 0 Å². The number of hydrogen-bond acceptors (Lipinski definition) is 6. The van der Waals surface area contributed by atoms with Gasteiger partial charge in [-0.05, 0) is 24.6 Å². The number of carbonyl (C=O) groups is 2. The maximum absolute atomic E-state index is 12.6. The zero-order valence-corrected chi connectivity index (χ0v) is 15.2. The summed E-state index contributed by atoms with van der Waals surface area (Å²) in [5.41, 5.74) is 0.832. The lowest BCUT2D eigenvalue weighted by Gasteiger charge is -2.31. The van der Waals surface area contributed by atoms with Gasteiger partial charge in [-0.15, -0.1) is 0 Å². The molecule has 25 heavy (non-hydrogen) atoms. The molecule has 0 spiro atoms. The van der Waals surface area contributed by atoms with Gasteiger partial charge in [0.1, 0.15) is 0 Å². The van der Waals surface area contributed by atoms with Gasteiger partial charge < -0.3 is 24.4 Å². The number of methoxy groups -OCH3 is 3. The molecule has 138 valence electrons. The third kappa shape index (κ3) is 4.33. The van der Waals surface area contributed by atoms with E-state index in [-0.39, 0.29) is 24.4 Å². The first-order valence-electron chi connectivity index (χ1n) is 7.98. The van der Waals surface area contributed by atoms with E-state index >= 15 is 0 Å². The van der Waals surface area contributed by atoms with E-state index < -0.39 is 6.04 Å². The number of likely N-dealkylation sites (N-methyl/N-ethyl adjacent to an activating group) is 1. The molecule has 1 saturated heterocycles. The molecule has 2 amide bonds. The van der Waals surface area contributed by atoms with Gasteiger partial charge in [0.05, 0.1) is 40.0 Å². The van der Waals surface area contributed by atoms with Crippen LogP contribution in [-0.2, 0) is 16.1 Å². The topological polar surface area (TPSA) is 89.1 Å². The molecule has 2 N–H and O–H groups in total. The Labute approximate surface area is 147 Å². The second kappa shape index (κ2) is 8.06. The van der Waals surface area contributed by atoms with Crippen molar-refractivity contribution in [2.24, 2.45) is 0 Å². The quantitative estimate of drug-likeness (QED) is 0.776. The molecule has 0 radical (unpaired) electrons. The van der Waals surface area contributed by atoms with E-state index in [1.807, 2.05) is 0 Å². The molecule has 8 heteroatoms. The Morgan fingerprint density at radius 1 is 1.20 bits per heavy atom. The van der Waals surface area contributed by atoms with Crippen molar-refractivity contribution in [3.8, 4) is 17.2 Å². The van der Waals surface area contributed by atoms with E-state index in [9.17, 15) is 9.59 Å². The first-order chi connectivity index (χ1) is 11.9. The lowest BCUT2D eigenvalue weighted by Crippen LogP contribution is -2.59. The smallest absolute Gasteiger partial charge is 0.240 e. The van der Waals surface area contributed by atoms with Gasteiger partial charge in [0, 0.05) is 13.6 Å². The van der Waals surface area contributed by atoms with E-state index in [4.69, 9.17) is 14.2 Å². The molecule has 2 unspecified atom stereocenters. The number of carbonyl (C=O) groups excluding carboxylic acids is 2. The zero-order chi connectivity index (χ0) is 18.6. The molecule has 0 aromatic heterocycles. The van der Waals surface area contributed by atoms with Gasteiger partial charge in [0.2, 0.25) is 17.6 Å².